The van der Waals surface area contributed by atoms with E-state index in [0.29, 0.717) is 12.5 Å². The van der Waals surface area contributed by atoms with E-state index in [1.807, 2.05) is 12.1 Å². The molecule has 1 heterocycles. The smallest absolute Gasteiger partial charge is 0.371 e. The predicted octanol–water partition coefficient (Wildman–Crippen LogP) is 6.08. The van der Waals surface area contributed by atoms with Gasteiger partial charge < -0.3 is 15.5 Å². The molecular formula is C21H23ClF3N3S. The summed E-state index contributed by atoms with van der Waals surface area (Å²) in [6, 6.07) is 11.9. The van der Waals surface area contributed by atoms with Crippen molar-refractivity contribution in [2.75, 3.05) is 23.3 Å². The van der Waals surface area contributed by atoms with Gasteiger partial charge in [0.05, 0.1) is 10.6 Å². The molecule has 0 amide bonds. The largest absolute Gasteiger partial charge is 0.417 e. The molecule has 156 valence electrons. The van der Waals surface area contributed by atoms with E-state index in [2.05, 4.69) is 34.6 Å². The Kier molecular flexibility index (Phi) is 6.90. The molecule has 0 radical (unpaired) electrons. The van der Waals surface area contributed by atoms with Gasteiger partial charge in [0.1, 0.15) is 0 Å². The molecule has 3 rings (SSSR count). The number of nitrogens with one attached hydrogen (secondary N) is 2. The average molecular weight is 442 g/mol. The van der Waals surface area contributed by atoms with Crippen LogP contribution in [0.3, 0.4) is 0 Å². The number of alkyl halides is 3. The molecule has 0 aliphatic carbocycles. The van der Waals surface area contributed by atoms with Crippen molar-refractivity contribution in [3.63, 3.8) is 0 Å². The number of piperidine rings is 1. The highest BCUT2D eigenvalue weighted by atomic mass is 35.5. The normalized spacial score (nSPS) is 17.1. The van der Waals surface area contributed by atoms with Crippen molar-refractivity contribution in [2.45, 2.75) is 32.5 Å². The van der Waals surface area contributed by atoms with Crippen LogP contribution in [0, 0.1) is 5.92 Å². The number of anilines is 2. The highest BCUT2D eigenvalue weighted by molar-refractivity contribution is 7.80. The summed E-state index contributed by atoms with van der Waals surface area (Å²) in [5.74, 6) is 0.708. The van der Waals surface area contributed by atoms with Crippen LogP contribution in [-0.4, -0.2) is 18.2 Å². The van der Waals surface area contributed by atoms with Gasteiger partial charge in [-0.1, -0.05) is 30.7 Å². The maximum Gasteiger partial charge on any atom is 0.417 e. The molecule has 1 fully saturated rings. The lowest BCUT2D eigenvalue weighted by molar-refractivity contribution is -0.137. The van der Waals surface area contributed by atoms with E-state index in [9.17, 15) is 13.2 Å². The van der Waals surface area contributed by atoms with Gasteiger partial charge in [-0.05, 0) is 66.9 Å². The highest BCUT2D eigenvalue weighted by Crippen LogP contribution is 2.36. The van der Waals surface area contributed by atoms with E-state index in [1.165, 1.54) is 30.7 Å². The molecule has 3 nitrogen and oxygen atoms in total. The van der Waals surface area contributed by atoms with Crippen molar-refractivity contribution >= 4 is 40.3 Å². The first-order valence-corrected chi connectivity index (χ1v) is 10.3. The van der Waals surface area contributed by atoms with Crippen molar-refractivity contribution in [2.24, 2.45) is 5.92 Å². The zero-order valence-electron chi connectivity index (χ0n) is 16.0. The van der Waals surface area contributed by atoms with E-state index in [0.717, 1.165) is 24.7 Å². The number of hydrogen-bond donors (Lipinski definition) is 2. The number of hydrogen-bond acceptors (Lipinski definition) is 2. The number of nitrogens with zero attached hydrogens (tertiary/aromatic N) is 1. The molecule has 0 spiro atoms. The first kappa shape index (κ1) is 21.7. The Balaban J connectivity index is 1.54. The number of halogens is 4. The van der Waals surface area contributed by atoms with Gasteiger partial charge in [-0.3, -0.25) is 0 Å². The monoisotopic (exact) mass is 441 g/mol. The fourth-order valence-corrected chi connectivity index (χ4v) is 3.84. The summed E-state index contributed by atoms with van der Waals surface area (Å²) in [5.41, 5.74) is 1.58. The van der Waals surface area contributed by atoms with Crippen LogP contribution in [0.2, 0.25) is 5.02 Å². The Hall–Kier alpha value is -1.99. The minimum atomic E-state index is -4.52. The van der Waals surface area contributed by atoms with Gasteiger partial charge in [0.2, 0.25) is 0 Å². The van der Waals surface area contributed by atoms with Gasteiger partial charge in [-0.2, -0.15) is 13.2 Å². The predicted molar refractivity (Wildman–Crippen MR) is 117 cm³/mol. The lowest BCUT2D eigenvalue weighted by Gasteiger charge is -2.32. The quantitative estimate of drug-likeness (QED) is 0.562. The third-order valence-corrected chi connectivity index (χ3v) is 5.52. The average Bonchev–Trinajstić information content (AvgIpc) is 2.67. The van der Waals surface area contributed by atoms with Gasteiger partial charge in [0.25, 0.3) is 0 Å². The molecule has 1 aliphatic rings. The molecule has 2 N–H and O–H groups in total. The molecule has 1 saturated heterocycles. The van der Waals surface area contributed by atoms with E-state index in [-0.39, 0.29) is 15.8 Å². The van der Waals surface area contributed by atoms with Crippen LogP contribution in [0.1, 0.15) is 30.9 Å². The third kappa shape index (κ3) is 6.00. The molecule has 0 saturated carbocycles. The van der Waals surface area contributed by atoms with E-state index < -0.39 is 11.7 Å². The zero-order chi connectivity index (χ0) is 21.0. The topological polar surface area (TPSA) is 27.3 Å². The summed E-state index contributed by atoms with van der Waals surface area (Å²) in [6.07, 6.45) is -2.02. The molecular weight excluding hydrogens is 419 g/mol. The Morgan fingerprint density at radius 2 is 1.93 bits per heavy atom. The SMILES string of the molecule is CC1CCCN(c2ccc(CNC(=S)Nc3ccc(Cl)c(C(F)(F)F)c3)cc2)C1. The first-order chi connectivity index (χ1) is 13.7. The number of rotatable bonds is 4. The van der Waals surface area contributed by atoms with Crippen LogP contribution in [-0.2, 0) is 12.7 Å². The molecule has 0 aromatic heterocycles. The Morgan fingerprint density at radius 3 is 2.59 bits per heavy atom. The van der Waals surface area contributed by atoms with Crippen molar-refractivity contribution < 1.29 is 13.2 Å². The van der Waals surface area contributed by atoms with Crippen LogP contribution in [0.15, 0.2) is 42.5 Å². The van der Waals surface area contributed by atoms with Gasteiger partial charge in [-0.25, -0.2) is 0 Å². The summed E-state index contributed by atoms with van der Waals surface area (Å²) in [5, 5.41) is 5.69. The Labute approximate surface area is 179 Å². The van der Waals surface area contributed by atoms with Crippen LogP contribution < -0.4 is 15.5 Å². The van der Waals surface area contributed by atoms with E-state index >= 15 is 0 Å². The van der Waals surface area contributed by atoms with Crippen molar-refractivity contribution in [3.05, 3.63) is 58.6 Å². The third-order valence-electron chi connectivity index (χ3n) is 4.94. The Bertz CT molecular complexity index is 855. The van der Waals surface area contributed by atoms with Crippen molar-refractivity contribution in [1.29, 1.82) is 0 Å². The minimum Gasteiger partial charge on any atom is -0.371 e. The van der Waals surface area contributed by atoms with Crippen molar-refractivity contribution in [3.8, 4) is 0 Å². The summed E-state index contributed by atoms with van der Waals surface area (Å²) < 4.78 is 38.9. The van der Waals surface area contributed by atoms with Crippen molar-refractivity contribution in [1.82, 2.24) is 5.32 Å². The first-order valence-electron chi connectivity index (χ1n) is 9.48. The molecule has 8 heteroatoms. The molecule has 29 heavy (non-hydrogen) atoms. The van der Waals surface area contributed by atoms with Crippen LogP contribution >= 0.6 is 23.8 Å². The second-order valence-corrected chi connectivity index (χ2v) is 8.18. The molecule has 2 aromatic carbocycles. The van der Waals surface area contributed by atoms with Gasteiger partial charge >= 0.3 is 6.18 Å². The highest BCUT2D eigenvalue weighted by Gasteiger charge is 2.33. The summed E-state index contributed by atoms with van der Waals surface area (Å²) in [6.45, 7) is 4.91. The van der Waals surface area contributed by atoms with Crippen LogP contribution in [0.5, 0.6) is 0 Å². The molecule has 2 aromatic rings. The fourth-order valence-electron chi connectivity index (χ4n) is 3.43. The number of benzene rings is 2. The molecule has 0 bridgehead atoms. The van der Waals surface area contributed by atoms with Gasteiger partial charge in [-0.15, -0.1) is 0 Å². The second-order valence-electron chi connectivity index (χ2n) is 7.36. The second kappa shape index (κ2) is 9.22. The van der Waals surface area contributed by atoms with E-state index in [1.54, 1.807) is 0 Å². The summed E-state index contributed by atoms with van der Waals surface area (Å²) in [7, 11) is 0. The lowest BCUT2D eigenvalue weighted by Crippen LogP contribution is -2.34. The molecule has 1 atom stereocenters. The number of thiocarbonyl (C=S) groups is 1. The van der Waals surface area contributed by atoms with Crippen LogP contribution in [0.25, 0.3) is 0 Å². The summed E-state index contributed by atoms with van der Waals surface area (Å²) in [4.78, 5) is 2.40. The lowest BCUT2D eigenvalue weighted by atomic mass is 9.99. The minimum absolute atomic E-state index is 0.230. The van der Waals surface area contributed by atoms with Gasteiger partial charge in [0.15, 0.2) is 5.11 Å². The van der Waals surface area contributed by atoms with Crippen LogP contribution in [0.4, 0.5) is 24.5 Å². The van der Waals surface area contributed by atoms with E-state index in [4.69, 9.17) is 23.8 Å². The summed E-state index contributed by atoms with van der Waals surface area (Å²) >= 11 is 10.8. The molecule has 1 unspecified atom stereocenters. The maximum absolute atomic E-state index is 13.0. The molecule has 1 aliphatic heterocycles. The standard InChI is InChI=1S/C21H23ClF3N3S/c1-14-3-2-10-28(13-14)17-7-4-15(5-8-17)12-26-20(29)27-16-6-9-19(22)18(11-16)21(23,24)25/h4-9,11,14H,2-3,10,12-13H2,1H3,(H2,26,27,29). The maximum atomic E-state index is 13.0. The fraction of sp³-hybridized carbons (Fsp3) is 0.381. The Morgan fingerprint density at radius 1 is 1.21 bits per heavy atom. The zero-order valence-corrected chi connectivity index (χ0v) is 17.6. The van der Waals surface area contributed by atoms with Gasteiger partial charge in [0, 0.05) is 31.0 Å².